The van der Waals surface area contributed by atoms with E-state index in [1.54, 1.807) is 6.07 Å². The summed E-state index contributed by atoms with van der Waals surface area (Å²) in [5.41, 5.74) is 4.19. The fraction of sp³-hybridized carbons (Fsp3) is 0.378. The van der Waals surface area contributed by atoms with E-state index in [9.17, 15) is 14.4 Å². The van der Waals surface area contributed by atoms with Gasteiger partial charge in [-0.1, -0.05) is 54.6 Å². The Morgan fingerprint density at radius 2 is 1.98 bits per heavy atom. The number of nitriles is 1. The van der Waals surface area contributed by atoms with Crippen molar-refractivity contribution in [3.8, 4) is 23.1 Å². The van der Waals surface area contributed by atoms with Crippen molar-refractivity contribution in [3.63, 3.8) is 0 Å². The number of halogens is 2. The zero-order valence-corrected chi connectivity index (χ0v) is 26.4. The van der Waals surface area contributed by atoms with Gasteiger partial charge in [-0.25, -0.2) is 9.37 Å². The fourth-order valence-corrected chi connectivity index (χ4v) is 8.87. The minimum absolute atomic E-state index is 0.0190. The first-order valence-electron chi connectivity index (χ1n) is 16.2. The molecule has 7 nitrogen and oxygen atoms in total. The molecule has 4 fully saturated rings. The summed E-state index contributed by atoms with van der Waals surface area (Å²) in [7, 11) is 0. The number of anilines is 1. The lowest BCUT2D eigenvalue weighted by Crippen LogP contribution is -2.63. The summed E-state index contributed by atoms with van der Waals surface area (Å²) < 4.78 is 21.3. The number of carbonyl (C=O) groups is 1. The molecule has 0 N–H and O–H groups in total. The Bertz CT molecular complexity index is 1950. The van der Waals surface area contributed by atoms with Crippen LogP contribution in [0.3, 0.4) is 0 Å². The summed E-state index contributed by atoms with van der Waals surface area (Å²) >= 11 is 6.53. The van der Waals surface area contributed by atoms with Gasteiger partial charge in [-0.3, -0.25) is 9.69 Å². The van der Waals surface area contributed by atoms with Crippen molar-refractivity contribution in [2.45, 2.75) is 56.1 Å². The summed E-state index contributed by atoms with van der Waals surface area (Å²) in [5.74, 6) is -0.00339. The number of ether oxygens (including phenoxy) is 1. The zero-order valence-electron chi connectivity index (χ0n) is 25.6. The van der Waals surface area contributed by atoms with E-state index in [-0.39, 0.29) is 35.0 Å². The second kappa shape index (κ2) is 11.3. The van der Waals surface area contributed by atoms with Crippen molar-refractivity contribution in [2.75, 3.05) is 37.7 Å². The lowest BCUT2D eigenvalue weighted by atomic mass is 9.91. The average Bonchev–Trinajstić information content (AvgIpc) is 3.74. The van der Waals surface area contributed by atoms with Gasteiger partial charge in [-0.15, -0.1) is 0 Å². The van der Waals surface area contributed by atoms with E-state index < -0.39 is 5.82 Å². The molecule has 0 unspecified atom stereocenters. The van der Waals surface area contributed by atoms with E-state index in [1.807, 2.05) is 41.3 Å². The molecule has 8 rings (SSSR count). The maximum Gasteiger partial charge on any atom is 0.246 e. The Labute approximate surface area is 272 Å². The van der Waals surface area contributed by atoms with Crippen LogP contribution in [0, 0.1) is 17.1 Å². The van der Waals surface area contributed by atoms with Gasteiger partial charge in [0.15, 0.2) is 0 Å². The number of amides is 1. The molecule has 0 saturated carbocycles. The lowest BCUT2D eigenvalue weighted by Gasteiger charge is -2.49. The van der Waals surface area contributed by atoms with E-state index in [4.69, 9.17) is 21.3 Å². The lowest BCUT2D eigenvalue weighted by molar-refractivity contribution is -0.127. The average molecular weight is 636 g/mol. The molecule has 0 spiro atoms. The zero-order chi connectivity index (χ0) is 31.6. The summed E-state index contributed by atoms with van der Waals surface area (Å²) in [5, 5.41) is 12.6. The third kappa shape index (κ3) is 4.47. The maximum absolute atomic E-state index is 14.6. The highest BCUT2D eigenvalue weighted by molar-refractivity contribution is 6.37. The number of benzene rings is 3. The number of likely N-dealkylation sites (tertiary alicyclic amines) is 1. The first-order chi connectivity index (χ1) is 22.4. The maximum atomic E-state index is 14.6. The molecule has 1 amide bonds. The minimum Gasteiger partial charge on any atom is -0.475 e. The van der Waals surface area contributed by atoms with Crippen molar-refractivity contribution < 1.29 is 13.9 Å². The number of hydrogen-bond donors (Lipinski definition) is 0. The van der Waals surface area contributed by atoms with Crippen molar-refractivity contribution in [1.29, 1.82) is 5.26 Å². The normalized spacial score (nSPS) is 21.7. The number of rotatable bonds is 7. The minimum atomic E-state index is -0.459. The highest BCUT2D eigenvalue weighted by Gasteiger charge is 2.50. The van der Waals surface area contributed by atoms with Crippen LogP contribution in [0.1, 0.15) is 37.7 Å². The van der Waals surface area contributed by atoms with Gasteiger partial charge in [0, 0.05) is 23.9 Å². The van der Waals surface area contributed by atoms with Crippen LogP contribution in [-0.2, 0) is 11.2 Å². The number of aromatic nitrogens is 1. The molecule has 5 heterocycles. The number of pyridine rings is 1. The molecule has 0 radical (unpaired) electrons. The Hall–Kier alpha value is -4.19. The SMILES string of the molecule is C=CC(=O)N1CC[C@@H]2[C@H]1CN2c1c(CC#N)c(OCC23CCCN2CCC3)nc2cc(-c3cccc4ccc(F)c(Cl)c34)ccc12. The molecule has 2 atom stereocenters. The van der Waals surface area contributed by atoms with E-state index in [0.29, 0.717) is 31.0 Å². The van der Waals surface area contributed by atoms with E-state index in [0.717, 1.165) is 71.0 Å². The number of carbonyl (C=O) groups excluding carboxylic acids is 1. The van der Waals surface area contributed by atoms with E-state index >= 15 is 0 Å². The van der Waals surface area contributed by atoms with Crippen LogP contribution < -0.4 is 9.64 Å². The molecule has 4 saturated heterocycles. The quantitative estimate of drug-likeness (QED) is 0.206. The van der Waals surface area contributed by atoms with Gasteiger partial charge in [-0.2, -0.15) is 5.26 Å². The van der Waals surface area contributed by atoms with Crippen LogP contribution in [0.5, 0.6) is 5.88 Å². The Balaban J connectivity index is 1.27. The van der Waals surface area contributed by atoms with Crippen LogP contribution in [0.15, 0.2) is 61.2 Å². The molecule has 0 aliphatic carbocycles. The van der Waals surface area contributed by atoms with Gasteiger partial charge in [0.1, 0.15) is 12.4 Å². The summed E-state index contributed by atoms with van der Waals surface area (Å²) in [6, 6.07) is 17.7. The summed E-state index contributed by atoms with van der Waals surface area (Å²) in [6.07, 6.45) is 6.93. The first-order valence-corrected chi connectivity index (χ1v) is 16.6. The van der Waals surface area contributed by atoms with Crippen molar-refractivity contribution in [2.24, 2.45) is 0 Å². The van der Waals surface area contributed by atoms with Gasteiger partial charge < -0.3 is 14.5 Å². The smallest absolute Gasteiger partial charge is 0.246 e. The molecule has 4 aliphatic heterocycles. The molecule has 3 aromatic carbocycles. The molecule has 0 bridgehead atoms. The van der Waals surface area contributed by atoms with Crippen molar-refractivity contribution >= 4 is 44.9 Å². The molecular formula is C37H35ClFN5O2. The highest BCUT2D eigenvalue weighted by Crippen LogP contribution is 2.46. The van der Waals surface area contributed by atoms with Crippen LogP contribution in [0.4, 0.5) is 10.1 Å². The molecule has 4 aromatic rings. The summed E-state index contributed by atoms with van der Waals surface area (Å²) in [6.45, 7) is 7.77. The van der Waals surface area contributed by atoms with Gasteiger partial charge in [0.05, 0.1) is 51.9 Å². The van der Waals surface area contributed by atoms with Crippen LogP contribution in [0.25, 0.3) is 32.8 Å². The summed E-state index contributed by atoms with van der Waals surface area (Å²) in [4.78, 5) is 24.5. The van der Waals surface area contributed by atoms with Gasteiger partial charge in [0.25, 0.3) is 0 Å². The van der Waals surface area contributed by atoms with Crippen LogP contribution in [-0.4, -0.2) is 71.1 Å². The molecule has 1 aromatic heterocycles. The molecule has 4 aliphatic rings. The molecule has 234 valence electrons. The van der Waals surface area contributed by atoms with Crippen LogP contribution in [0.2, 0.25) is 5.02 Å². The molecule has 9 heteroatoms. The predicted molar refractivity (Wildman–Crippen MR) is 179 cm³/mol. The Morgan fingerprint density at radius 3 is 2.76 bits per heavy atom. The third-order valence-corrected chi connectivity index (χ3v) is 11.2. The topological polar surface area (TPSA) is 72.7 Å². The van der Waals surface area contributed by atoms with E-state index in [1.165, 1.54) is 25.0 Å². The second-order valence-electron chi connectivity index (χ2n) is 13.1. The third-order valence-electron chi connectivity index (χ3n) is 10.8. The fourth-order valence-electron chi connectivity index (χ4n) is 8.60. The monoisotopic (exact) mass is 635 g/mol. The highest BCUT2D eigenvalue weighted by atomic mass is 35.5. The van der Waals surface area contributed by atoms with Gasteiger partial charge in [-0.05, 0) is 79.9 Å². The predicted octanol–water partition coefficient (Wildman–Crippen LogP) is 6.90. The van der Waals surface area contributed by atoms with Gasteiger partial charge in [0.2, 0.25) is 11.8 Å². The number of fused-ring (bicyclic) bond motifs is 4. The molecule has 46 heavy (non-hydrogen) atoms. The van der Waals surface area contributed by atoms with Crippen molar-refractivity contribution in [1.82, 2.24) is 14.8 Å². The second-order valence-corrected chi connectivity index (χ2v) is 13.5. The number of nitrogens with zero attached hydrogens (tertiary/aromatic N) is 5. The number of hydrogen-bond acceptors (Lipinski definition) is 6. The first kappa shape index (κ1) is 29.2. The Morgan fingerprint density at radius 1 is 1.15 bits per heavy atom. The molecular weight excluding hydrogens is 601 g/mol. The largest absolute Gasteiger partial charge is 0.475 e. The van der Waals surface area contributed by atoms with E-state index in [2.05, 4.69) is 22.4 Å². The van der Waals surface area contributed by atoms with Gasteiger partial charge >= 0.3 is 0 Å². The van der Waals surface area contributed by atoms with Crippen molar-refractivity contribution in [3.05, 3.63) is 77.6 Å². The Kier molecular flexibility index (Phi) is 7.15. The van der Waals surface area contributed by atoms with Crippen LogP contribution >= 0.6 is 11.6 Å². The standard InChI is InChI=1S/C37H35ClFN5O2/c1-2-32(45)43-19-13-30-31(43)21-44(30)35-26-10-8-24(25-7-3-6-23-9-11-28(39)34(38)33(23)25)20-29(26)41-36(27(35)12-16-40)46-22-37-14-4-17-42(37)18-5-15-37/h2-3,6-11,20,30-31H,1,4-5,12-15,17-19,21-22H2/t30-,31-/m1/s1.